The molecular weight excluding hydrogens is 607 g/mol. The Morgan fingerprint density at radius 1 is 0.480 bits per heavy atom. The second kappa shape index (κ2) is 10.2. The Balaban J connectivity index is 1.21. The highest BCUT2D eigenvalue weighted by Gasteiger charge is 2.49. The Morgan fingerprint density at radius 3 is 2.16 bits per heavy atom. The predicted octanol–water partition coefficient (Wildman–Crippen LogP) is 11.2. The van der Waals surface area contributed by atoms with Crippen LogP contribution >= 0.6 is 0 Å². The number of pyridine rings is 2. The highest BCUT2D eigenvalue weighted by atomic mass is 15.1. The summed E-state index contributed by atoms with van der Waals surface area (Å²) in [6, 6.07) is 53.6. The minimum absolute atomic E-state index is 0.496. The van der Waals surface area contributed by atoms with E-state index in [1.807, 2.05) is 30.7 Å². The van der Waals surface area contributed by atoms with Crippen molar-refractivity contribution in [1.29, 1.82) is 0 Å². The molecule has 9 aromatic rings. The molecule has 1 unspecified atom stereocenters. The van der Waals surface area contributed by atoms with Gasteiger partial charge >= 0.3 is 0 Å². The average molecular weight is 636 g/mol. The van der Waals surface area contributed by atoms with E-state index < -0.39 is 5.41 Å². The van der Waals surface area contributed by atoms with Crippen LogP contribution in [-0.2, 0) is 5.41 Å². The molecule has 3 heterocycles. The summed E-state index contributed by atoms with van der Waals surface area (Å²) in [6.07, 6.45) is 10.3. The molecule has 0 aliphatic heterocycles. The number of rotatable bonds is 2. The maximum Gasteiger partial charge on any atom is 0.137 e. The van der Waals surface area contributed by atoms with Gasteiger partial charge in [0, 0.05) is 29.4 Å². The molecule has 0 radical (unpaired) electrons. The summed E-state index contributed by atoms with van der Waals surface area (Å²) >= 11 is 0. The molecule has 1 spiro atoms. The van der Waals surface area contributed by atoms with Crippen molar-refractivity contribution in [2.45, 2.75) is 5.41 Å². The lowest BCUT2D eigenvalue weighted by Crippen LogP contribution is -2.30. The van der Waals surface area contributed by atoms with E-state index in [0.717, 1.165) is 27.6 Å². The summed E-state index contributed by atoms with van der Waals surface area (Å²) in [4.78, 5) is 9.24. The van der Waals surface area contributed by atoms with Crippen molar-refractivity contribution in [2.75, 3.05) is 0 Å². The van der Waals surface area contributed by atoms with Crippen molar-refractivity contribution >= 4 is 44.7 Å². The summed E-state index contributed by atoms with van der Waals surface area (Å²) in [5.41, 5.74) is 14.5. The summed E-state index contributed by atoms with van der Waals surface area (Å²) in [5, 5.41) is 4.84. The second-order valence-electron chi connectivity index (χ2n) is 13.4. The number of benzene rings is 6. The zero-order valence-electron chi connectivity index (χ0n) is 27.1. The highest BCUT2D eigenvalue weighted by Crippen LogP contribution is 2.60. The smallest absolute Gasteiger partial charge is 0.137 e. The van der Waals surface area contributed by atoms with Crippen LogP contribution in [0, 0.1) is 0 Å². The first-order valence-electron chi connectivity index (χ1n) is 17.1. The average Bonchev–Trinajstić information content (AvgIpc) is 3.62. The summed E-state index contributed by atoms with van der Waals surface area (Å²) in [6.45, 7) is 0. The number of nitrogens with zero attached hydrogens (tertiary/aromatic N) is 3. The van der Waals surface area contributed by atoms with E-state index in [1.54, 1.807) is 0 Å². The van der Waals surface area contributed by atoms with E-state index in [4.69, 9.17) is 4.98 Å². The molecule has 3 heteroatoms. The molecule has 2 aliphatic rings. The molecule has 11 rings (SSSR count). The fourth-order valence-electron chi connectivity index (χ4n) is 8.92. The maximum absolute atomic E-state index is 4.71. The maximum atomic E-state index is 4.71. The van der Waals surface area contributed by atoms with Crippen molar-refractivity contribution in [3.8, 4) is 28.1 Å². The molecule has 0 bridgehead atoms. The lowest BCUT2D eigenvalue weighted by Gasteiger charge is -2.35. The van der Waals surface area contributed by atoms with Gasteiger partial charge in [0.05, 0.1) is 16.4 Å². The van der Waals surface area contributed by atoms with Gasteiger partial charge in [0.1, 0.15) is 5.82 Å². The van der Waals surface area contributed by atoms with Crippen LogP contribution in [0.25, 0.3) is 72.8 Å². The lowest BCUT2D eigenvalue weighted by molar-refractivity contribution is 0.767. The fourth-order valence-corrected chi connectivity index (χ4v) is 8.92. The molecule has 0 N–H and O–H groups in total. The number of hydrogen-bond donors (Lipinski definition) is 0. The molecular formula is C47H29N3. The molecule has 0 amide bonds. The Morgan fingerprint density at radius 2 is 1.24 bits per heavy atom. The van der Waals surface area contributed by atoms with Crippen LogP contribution in [0.15, 0.2) is 164 Å². The number of aromatic nitrogens is 3. The fraction of sp³-hybridized carbons (Fsp3) is 0.0213. The van der Waals surface area contributed by atoms with Crippen LogP contribution in [0.3, 0.4) is 0 Å². The van der Waals surface area contributed by atoms with Crippen LogP contribution in [0.4, 0.5) is 0 Å². The molecule has 1 atom stereocenters. The van der Waals surface area contributed by atoms with Gasteiger partial charge in [-0.05, 0) is 103 Å². The van der Waals surface area contributed by atoms with Gasteiger partial charge in [0.25, 0.3) is 0 Å². The zero-order chi connectivity index (χ0) is 32.8. The SMILES string of the molecule is C1=Cc2ccc(-c3ccc4c(c3)c3cnccc3n4-c3ccccn3)cc2C2(c3ccccc31)c1ccccc1-c1c2ccc2ccccc12. The topological polar surface area (TPSA) is 30.7 Å². The van der Waals surface area contributed by atoms with E-state index in [-0.39, 0.29) is 0 Å². The van der Waals surface area contributed by atoms with Crippen LogP contribution < -0.4 is 0 Å². The first kappa shape index (κ1) is 27.4. The third-order valence-corrected chi connectivity index (χ3v) is 11.0. The van der Waals surface area contributed by atoms with E-state index in [2.05, 4.69) is 155 Å². The van der Waals surface area contributed by atoms with E-state index in [9.17, 15) is 0 Å². The molecule has 3 aromatic heterocycles. The molecule has 6 aromatic carbocycles. The Kier molecular flexibility index (Phi) is 5.59. The largest absolute Gasteiger partial charge is 0.294 e. The van der Waals surface area contributed by atoms with Gasteiger partial charge in [-0.3, -0.25) is 9.55 Å². The van der Waals surface area contributed by atoms with E-state index in [1.165, 1.54) is 66.4 Å². The van der Waals surface area contributed by atoms with Crippen LogP contribution in [0.1, 0.15) is 33.4 Å². The van der Waals surface area contributed by atoms with Crippen molar-refractivity contribution in [3.63, 3.8) is 0 Å². The Bertz CT molecular complexity index is 2880. The quantitative estimate of drug-likeness (QED) is 0.189. The summed E-state index contributed by atoms with van der Waals surface area (Å²) < 4.78 is 2.24. The van der Waals surface area contributed by atoms with E-state index in [0.29, 0.717) is 0 Å². The molecule has 50 heavy (non-hydrogen) atoms. The molecule has 232 valence electrons. The molecule has 2 aliphatic carbocycles. The molecule has 0 saturated heterocycles. The van der Waals surface area contributed by atoms with Crippen molar-refractivity contribution in [1.82, 2.24) is 14.5 Å². The number of fused-ring (bicyclic) bond motifs is 14. The van der Waals surface area contributed by atoms with Gasteiger partial charge in [-0.15, -0.1) is 0 Å². The Labute approximate surface area is 289 Å². The van der Waals surface area contributed by atoms with Gasteiger partial charge in [-0.25, -0.2) is 4.98 Å². The van der Waals surface area contributed by atoms with E-state index >= 15 is 0 Å². The van der Waals surface area contributed by atoms with Crippen LogP contribution in [0.5, 0.6) is 0 Å². The third-order valence-electron chi connectivity index (χ3n) is 11.0. The van der Waals surface area contributed by atoms with Crippen molar-refractivity contribution in [3.05, 3.63) is 198 Å². The molecule has 3 nitrogen and oxygen atoms in total. The van der Waals surface area contributed by atoms with Gasteiger partial charge < -0.3 is 0 Å². The highest BCUT2D eigenvalue weighted by molar-refractivity contribution is 6.10. The first-order valence-corrected chi connectivity index (χ1v) is 17.1. The zero-order valence-corrected chi connectivity index (χ0v) is 27.1. The normalized spacial score (nSPS) is 15.6. The predicted molar refractivity (Wildman–Crippen MR) is 206 cm³/mol. The van der Waals surface area contributed by atoms with Crippen LogP contribution in [-0.4, -0.2) is 14.5 Å². The van der Waals surface area contributed by atoms with Crippen LogP contribution in [0.2, 0.25) is 0 Å². The molecule has 0 fully saturated rings. The first-order chi connectivity index (χ1) is 24.8. The summed E-state index contributed by atoms with van der Waals surface area (Å²) in [7, 11) is 0. The summed E-state index contributed by atoms with van der Waals surface area (Å²) in [5.74, 6) is 0.898. The molecule has 0 saturated carbocycles. The van der Waals surface area contributed by atoms with Gasteiger partial charge in [-0.2, -0.15) is 0 Å². The minimum atomic E-state index is -0.496. The minimum Gasteiger partial charge on any atom is -0.294 e. The van der Waals surface area contributed by atoms with Gasteiger partial charge in [0.15, 0.2) is 0 Å². The van der Waals surface area contributed by atoms with Gasteiger partial charge in [-0.1, -0.05) is 121 Å². The second-order valence-corrected chi connectivity index (χ2v) is 13.4. The van der Waals surface area contributed by atoms with Gasteiger partial charge in [0.2, 0.25) is 0 Å². The standard InChI is InChI=1S/C47H29N3/c1-3-11-35-30(9-1)20-22-41-46(35)36-12-4-6-14-40(36)47(41)39-13-5-2-10-31(39)16-17-32-18-19-34(28-42(32)47)33-21-23-43-37(27-33)38-29-48-26-24-44(38)50(43)45-15-7-8-25-49-45/h1-29H. The third kappa shape index (κ3) is 3.58. The Hall–Kier alpha value is -6.58. The monoisotopic (exact) mass is 635 g/mol. The lowest BCUT2D eigenvalue weighted by atomic mass is 9.65. The number of hydrogen-bond acceptors (Lipinski definition) is 2. The van der Waals surface area contributed by atoms with Crippen molar-refractivity contribution in [2.24, 2.45) is 0 Å². The van der Waals surface area contributed by atoms with Crippen molar-refractivity contribution < 1.29 is 0 Å².